The van der Waals surface area contributed by atoms with E-state index in [0.29, 0.717) is 12.3 Å². The molecule has 2 aromatic rings. The van der Waals surface area contributed by atoms with Gasteiger partial charge in [0.2, 0.25) is 16.8 Å². The van der Waals surface area contributed by atoms with Crippen molar-refractivity contribution in [3.63, 3.8) is 0 Å². The normalized spacial score (nSPS) is 18.7. The highest BCUT2D eigenvalue weighted by molar-refractivity contribution is 7.89. The van der Waals surface area contributed by atoms with Crippen LogP contribution in [0.25, 0.3) is 0 Å². The van der Waals surface area contributed by atoms with Gasteiger partial charge in [-0.2, -0.15) is 0 Å². The van der Waals surface area contributed by atoms with E-state index in [1.807, 2.05) is 37.3 Å². The van der Waals surface area contributed by atoms with Crippen LogP contribution in [0, 0.1) is 6.92 Å². The Labute approximate surface area is 172 Å². The Morgan fingerprint density at radius 1 is 1.00 bits per heavy atom. The van der Waals surface area contributed by atoms with Gasteiger partial charge in [0.1, 0.15) is 0 Å². The van der Waals surface area contributed by atoms with Gasteiger partial charge < -0.3 is 14.4 Å². The van der Waals surface area contributed by atoms with Crippen molar-refractivity contribution in [2.75, 3.05) is 46.6 Å². The molecule has 2 aliphatic heterocycles. The molecular formula is C21H27N3O4S. The molecule has 0 spiro atoms. The van der Waals surface area contributed by atoms with Gasteiger partial charge in [0, 0.05) is 38.8 Å². The Hall–Kier alpha value is -2.13. The van der Waals surface area contributed by atoms with Crippen LogP contribution < -0.4 is 14.2 Å². The lowest BCUT2D eigenvalue weighted by molar-refractivity contribution is 0.112. The van der Waals surface area contributed by atoms with E-state index in [4.69, 9.17) is 9.47 Å². The van der Waals surface area contributed by atoms with Crippen molar-refractivity contribution in [1.82, 2.24) is 14.5 Å². The Morgan fingerprint density at radius 3 is 2.41 bits per heavy atom. The number of hydrogen-bond acceptors (Lipinski definition) is 6. The molecule has 1 atom stereocenters. The molecule has 0 aliphatic carbocycles. The molecular weight excluding hydrogens is 390 g/mol. The third-order valence-corrected chi connectivity index (χ3v) is 7.00. The lowest BCUT2D eigenvalue weighted by Crippen LogP contribution is -2.48. The van der Waals surface area contributed by atoms with Crippen molar-refractivity contribution in [3.05, 3.63) is 53.6 Å². The van der Waals surface area contributed by atoms with Crippen molar-refractivity contribution in [3.8, 4) is 11.5 Å². The van der Waals surface area contributed by atoms with Crippen LogP contribution in [0.3, 0.4) is 0 Å². The first-order valence-corrected chi connectivity index (χ1v) is 11.3. The molecule has 7 nitrogen and oxygen atoms in total. The summed E-state index contributed by atoms with van der Waals surface area (Å²) in [7, 11) is -1.48. The zero-order chi connectivity index (χ0) is 20.4. The van der Waals surface area contributed by atoms with Crippen LogP contribution in [0.15, 0.2) is 47.4 Å². The lowest BCUT2D eigenvalue weighted by Gasteiger charge is -2.38. The van der Waals surface area contributed by atoms with Gasteiger partial charge in [-0.05, 0) is 43.8 Å². The van der Waals surface area contributed by atoms with Crippen molar-refractivity contribution < 1.29 is 17.9 Å². The number of aryl methyl sites for hydroxylation is 1. The fourth-order valence-electron chi connectivity index (χ4n) is 3.70. The number of rotatable bonds is 6. The summed E-state index contributed by atoms with van der Waals surface area (Å²) in [5, 5.41) is 0. The number of piperazine rings is 1. The first kappa shape index (κ1) is 20.2. The van der Waals surface area contributed by atoms with Crippen LogP contribution in [-0.2, 0) is 10.0 Å². The number of hydrogen-bond donors (Lipinski definition) is 1. The van der Waals surface area contributed by atoms with Crippen molar-refractivity contribution in [2.24, 2.45) is 0 Å². The third kappa shape index (κ3) is 4.56. The van der Waals surface area contributed by atoms with Crippen LogP contribution in [0.5, 0.6) is 11.5 Å². The maximum Gasteiger partial charge on any atom is 0.240 e. The van der Waals surface area contributed by atoms with Crippen LogP contribution in [0.2, 0.25) is 0 Å². The summed E-state index contributed by atoms with van der Waals surface area (Å²) >= 11 is 0. The summed E-state index contributed by atoms with van der Waals surface area (Å²) in [6.07, 6.45) is 0. The van der Waals surface area contributed by atoms with Gasteiger partial charge in [0.25, 0.3) is 0 Å². The molecule has 29 heavy (non-hydrogen) atoms. The maximum absolute atomic E-state index is 12.8. The molecule has 0 amide bonds. The monoisotopic (exact) mass is 417 g/mol. The standard InChI is InChI=1S/C21H27N3O4S/c1-16-3-6-18(7-4-16)29(25,26)22-14-19(24-11-9-23(2)10-12-24)17-5-8-20-21(13-17)28-15-27-20/h3-8,13,19,22H,9-12,14-15H2,1-2H3. The fourth-order valence-corrected chi connectivity index (χ4v) is 4.74. The third-order valence-electron chi connectivity index (χ3n) is 5.56. The predicted molar refractivity (Wildman–Crippen MR) is 111 cm³/mol. The molecule has 4 rings (SSSR count). The molecule has 1 N–H and O–H groups in total. The van der Waals surface area contributed by atoms with Crippen LogP contribution in [0.4, 0.5) is 0 Å². The van der Waals surface area contributed by atoms with Gasteiger partial charge >= 0.3 is 0 Å². The molecule has 0 saturated carbocycles. The van der Waals surface area contributed by atoms with Crippen LogP contribution in [-0.4, -0.2) is 64.8 Å². The molecule has 0 radical (unpaired) electrons. The summed E-state index contributed by atoms with van der Waals surface area (Å²) in [5.74, 6) is 1.44. The number of sulfonamides is 1. The second-order valence-electron chi connectivity index (χ2n) is 7.63. The first-order valence-electron chi connectivity index (χ1n) is 9.81. The quantitative estimate of drug-likeness (QED) is 0.775. The summed E-state index contributed by atoms with van der Waals surface area (Å²) < 4.78 is 39.4. The van der Waals surface area contributed by atoms with Crippen molar-refractivity contribution in [2.45, 2.75) is 17.9 Å². The van der Waals surface area contributed by atoms with E-state index in [-0.39, 0.29) is 17.7 Å². The maximum atomic E-state index is 12.8. The van der Waals surface area contributed by atoms with Gasteiger partial charge in [-0.25, -0.2) is 13.1 Å². The molecule has 1 saturated heterocycles. The van der Waals surface area contributed by atoms with Gasteiger partial charge in [-0.1, -0.05) is 23.8 Å². The molecule has 1 unspecified atom stereocenters. The fraction of sp³-hybridized carbons (Fsp3) is 0.429. The lowest BCUT2D eigenvalue weighted by atomic mass is 10.0. The van der Waals surface area contributed by atoms with Gasteiger partial charge in [0.05, 0.1) is 4.90 Å². The molecule has 2 aromatic carbocycles. The largest absolute Gasteiger partial charge is 0.454 e. The molecule has 8 heteroatoms. The average molecular weight is 418 g/mol. The molecule has 2 heterocycles. The van der Waals surface area contributed by atoms with Crippen molar-refractivity contribution in [1.29, 1.82) is 0 Å². The minimum atomic E-state index is -3.58. The molecule has 2 aliphatic rings. The molecule has 156 valence electrons. The topological polar surface area (TPSA) is 71.1 Å². The van der Waals surface area contributed by atoms with Gasteiger partial charge in [-0.15, -0.1) is 0 Å². The average Bonchev–Trinajstić information content (AvgIpc) is 3.18. The Kier molecular flexibility index (Phi) is 5.78. The summed E-state index contributed by atoms with van der Waals surface area (Å²) in [6, 6.07) is 12.7. The molecule has 0 aromatic heterocycles. The van der Waals surface area contributed by atoms with Gasteiger partial charge in [-0.3, -0.25) is 4.90 Å². The predicted octanol–water partition coefficient (Wildman–Crippen LogP) is 1.99. The van der Waals surface area contributed by atoms with Crippen LogP contribution in [0.1, 0.15) is 17.2 Å². The highest BCUT2D eigenvalue weighted by atomic mass is 32.2. The zero-order valence-corrected chi connectivity index (χ0v) is 17.6. The second kappa shape index (κ2) is 8.31. The minimum absolute atomic E-state index is 0.0848. The SMILES string of the molecule is Cc1ccc(S(=O)(=O)NCC(c2ccc3c(c2)OCO3)N2CCN(C)CC2)cc1. The van der Waals surface area contributed by atoms with E-state index in [2.05, 4.69) is 21.6 Å². The van der Waals surface area contributed by atoms with E-state index in [0.717, 1.165) is 43.1 Å². The van der Waals surface area contributed by atoms with E-state index >= 15 is 0 Å². The number of nitrogens with one attached hydrogen (secondary N) is 1. The number of fused-ring (bicyclic) bond motifs is 1. The second-order valence-corrected chi connectivity index (χ2v) is 9.40. The van der Waals surface area contributed by atoms with E-state index in [1.165, 1.54) is 0 Å². The summed E-state index contributed by atoms with van der Waals surface area (Å²) in [5.41, 5.74) is 2.05. The van der Waals surface area contributed by atoms with E-state index < -0.39 is 10.0 Å². The Bertz CT molecular complexity index is 954. The summed E-state index contributed by atoms with van der Waals surface area (Å²) in [6.45, 7) is 6.10. The first-order chi connectivity index (χ1) is 13.9. The van der Waals surface area contributed by atoms with Gasteiger partial charge in [0.15, 0.2) is 11.5 Å². The zero-order valence-electron chi connectivity index (χ0n) is 16.8. The van der Waals surface area contributed by atoms with Crippen molar-refractivity contribution >= 4 is 10.0 Å². The minimum Gasteiger partial charge on any atom is -0.454 e. The molecule has 1 fully saturated rings. The number of likely N-dealkylation sites (N-methyl/N-ethyl adjacent to an activating group) is 1. The highest BCUT2D eigenvalue weighted by Gasteiger charge is 2.27. The number of benzene rings is 2. The van der Waals surface area contributed by atoms with Crippen LogP contribution >= 0.6 is 0 Å². The van der Waals surface area contributed by atoms with E-state index in [9.17, 15) is 8.42 Å². The smallest absolute Gasteiger partial charge is 0.240 e. The van der Waals surface area contributed by atoms with E-state index in [1.54, 1.807) is 12.1 Å². The Balaban J connectivity index is 1.56. The Morgan fingerprint density at radius 2 is 1.69 bits per heavy atom. The molecule has 0 bridgehead atoms. The number of ether oxygens (including phenoxy) is 2. The highest BCUT2D eigenvalue weighted by Crippen LogP contribution is 2.35. The summed E-state index contributed by atoms with van der Waals surface area (Å²) in [4.78, 5) is 4.89. The number of nitrogens with zero attached hydrogens (tertiary/aromatic N) is 2.